The molecule has 1 aromatic carbocycles. The molecule has 1 aromatic rings. The van der Waals surface area contributed by atoms with Gasteiger partial charge in [-0.2, -0.15) is 0 Å². The molecule has 0 aliphatic carbocycles. The summed E-state index contributed by atoms with van der Waals surface area (Å²) < 4.78 is 10.2. The Morgan fingerprint density at radius 1 is 1.04 bits per heavy atom. The summed E-state index contributed by atoms with van der Waals surface area (Å²) in [5.74, 6) is -0.451. The van der Waals surface area contributed by atoms with Gasteiger partial charge in [-0.3, -0.25) is 9.59 Å². The van der Waals surface area contributed by atoms with Gasteiger partial charge in [0, 0.05) is 5.56 Å². The van der Waals surface area contributed by atoms with Gasteiger partial charge in [0.05, 0.1) is 19.8 Å². The summed E-state index contributed by atoms with van der Waals surface area (Å²) in [4.78, 5) is 35.8. The topological polar surface area (TPSA) is 93.7 Å². The number of carbonyl (C=O) groups excluding carboxylic acids is 3. The fourth-order valence-corrected chi connectivity index (χ4v) is 2.29. The smallest absolute Gasteiger partial charge is 0.328 e. The quantitative estimate of drug-likeness (QED) is 0.653. The molecule has 0 saturated heterocycles. The lowest BCUT2D eigenvalue weighted by atomic mass is 10.0. The lowest BCUT2D eigenvalue weighted by Gasteiger charge is -2.18. The van der Waals surface area contributed by atoms with Crippen LogP contribution >= 0.6 is 0 Å². The van der Waals surface area contributed by atoms with Gasteiger partial charge in [-0.25, -0.2) is 4.79 Å². The number of amides is 2. The summed E-state index contributed by atoms with van der Waals surface area (Å²) >= 11 is 0. The Bertz CT molecular complexity index is 611. The van der Waals surface area contributed by atoms with Gasteiger partial charge in [0.25, 0.3) is 5.91 Å². The lowest BCUT2D eigenvalue weighted by molar-refractivity contribution is -0.145. The summed E-state index contributed by atoms with van der Waals surface area (Å²) in [6.45, 7) is 7.49. The number of hydrogen-bond acceptors (Lipinski definition) is 5. The molecule has 144 valence electrons. The van der Waals surface area contributed by atoms with Crippen LogP contribution in [0.15, 0.2) is 24.3 Å². The zero-order valence-electron chi connectivity index (χ0n) is 16.0. The number of methoxy groups -OCH3 is 1. The van der Waals surface area contributed by atoms with Crippen molar-refractivity contribution in [3.8, 4) is 5.75 Å². The first-order chi connectivity index (χ1) is 12.2. The normalized spacial score (nSPS) is 11.8. The van der Waals surface area contributed by atoms with Crippen LogP contribution < -0.4 is 15.4 Å². The first-order valence-corrected chi connectivity index (χ1v) is 8.65. The Balaban J connectivity index is 2.54. The fraction of sp³-hybridized carbons (Fsp3) is 0.526. The van der Waals surface area contributed by atoms with Gasteiger partial charge in [-0.15, -0.1) is 0 Å². The van der Waals surface area contributed by atoms with Crippen LogP contribution in [0.2, 0.25) is 0 Å². The van der Waals surface area contributed by atoms with Crippen molar-refractivity contribution in [3.05, 3.63) is 29.8 Å². The second kappa shape index (κ2) is 10.4. The molecule has 0 bridgehead atoms. The molecule has 0 spiro atoms. The maximum Gasteiger partial charge on any atom is 0.328 e. The third-order valence-electron chi connectivity index (χ3n) is 3.43. The Hall–Kier alpha value is -2.57. The Labute approximate surface area is 154 Å². The van der Waals surface area contributed by atoms with Crippen molar-refractivity contribution in [2.45, 2.75) is 46.3 Å². The number of carbonyl (C=O) groups is 3. The van der Waals surface area contributed by atoms with Gasteiger partial charge in [0.1, 0.15) is 11.8 Å². The second-order valence-electron chi connectivity index (χ2n) is 6.65. The van der Waals surface area contributed by atoms with Crippen LogP contribution in [-0.4, -0.2) is 43.6 Å². The number of rotatable bonds is 9. The third-order valence-corrected chi connectivity index (χ3v) is 3.43. The SMILES string of the molecule is COC(=O)[C@H](CC(C)C)NC(=O)CNC(=O)c1ccc(OC(C)C)cc1. The second-order valence-corrected chi connectivity index (χ2v) is 6.65. The van der Waals surface area contributed by atoms with E-state index in [1.165, 1.54) is 7.11 Å². The lowest BCUT2D eigenvalue weighted by Crippen LogP contribution is -2.46. The van der Waals surface area contributed by atoms with Crippen LogP contribution in [0.1, 0.15) is 44.5 Å². The van der Waals surface area contributed by atoms with Crippen molar-refractivity contribution in [1.82, 2.24) is 10.6 Å². The molecule has 26 heavy (non-hydrogen) atoms. The minimum absolute atomic E-state index is 0.0481. The molecule has 0 aliphatic heterocycles. The van der Waals surface area contributed by atoms with Gasteiger partial charge >= 0.3 is 5.97 Å². The van der Waals surface area contributed by atoms with E-state index in [0.717, 1.165) is 0 Å². The van der Waals surface area contributed by atoms with E-state index in [9.17, 15) is 14.4 Å². The number of nitrogens with one attached hydrogen (secondary N) is 2. The van der Waals surface area contributed by atoms with Crippen LogP contribution in [0.3, 0.4) is 0 Å². The molecule has 0 fully saturated rings. The molecule has 0 unspecified atom stereocenters. The van der Waals surface area contributed by atoms with Crippen molar-refractivity contribution in [2.75, 3.05) is 13.7 Å². The minimum atomic E-state index is -0.725. The van der Waals surface area contributed by atoms with E-state index in [-0.39, 0.29) is 24.5 Å². The predicted octanol–water partition coefficient (Wildman–Crippen LogP) is 1.91. The van der Waals surface area contributed by atoms with Crippen molar-refractivity contribution in [3.63, 3.8) is 0 Å². The molecule has 0 heterocycles. The third kappa shape index (κ3) is 7.55. The summed E-state index contributed by atoms with van der Waals surface area (Å²) in [5, 5.41) is 5.12. The molecule has 1 atom stereocenters. The van der Waals surface area contributed by atoms with Crippen molar-refractivity contribution in [1.29, 1.82) is 0 Å². The first-order valence-electron chi connectivity index (χ1n) is 8.65. The predicted molar refractivity (Wildman–Crippen MR) is 97.9 cm³/mol. The summed E-state index contributed by atoms with van der Waals surface area (Å²) in [5.41, 5.74) is 0.417. The van der Waals surface area contributed by atoms with Gasteiger partial charge in [0.15, 0.2) is 0 Å². The van der Waals surface area contributed by atoms with Gasteiger partial charge in [-0.05, 0) is 50.5 Å². The maximum atomic E-state index is 12.1. The van der Waals surface area contributed by atoms with Crippen LogP contribution in [0, 0.1) is 5.92 Å². The molecule has 2 amide bonds. The van der Waals surface area contributed by atoms with E-state index in [1.807, 2.05) is 27.7 Å². The average molecular weight is 364 g/mol. The van der Waals surface area contributed by atoms with Crippen molar-refractivity contribution in [2.24, 2.45) is 5.92 Å². The zero-order valence-corrected chi connectivity index (χ0v) is 16.0. The molecule has 0 aliphatic rings. The zero-order chi connectivity index (χ0) is 19.7. The monoisotopic (exact) mass is 364 g/mol. The van der Waals surface area contributed by atoms with E-state index in [1.54, 1.807) is 24.3 Å². The van der Waals surface area contributed by atoms with E-state index < -0.39 is 17.9 Å². The van der Waals surface area contributed by atoms with Crippen molar-refractivity contribution >= 4 is 17.8 Å². The highest BCUT2D eigenvalue weighted by molar-refractivity contribution is 5.97. The van der Waals surface area contributed by atoms with Gasteiger partial charge < -0.3 is 20.1 Å². The molecule has 1 rings (SSSR count). The minimum Gasteiger partial charge on any atom is -0.491 e. The molecule has 0 radical (unpaired) electrons. The fourth-order valence-electron chi connectivity index (χ4n) is 2.29. The first kappa shape index (κ1) is 21.5. The van der Waals surface area contributed by atoms with E-state index in [2.05, 4.69) is 10.6 Å². The van der Waals surface area contributed by atoms with Crippen molar-refractivity contribution < 1.29 is 23.9 Å². The molecular weight excluding hydrogens is 336 g/mol. The molecule has 0 saturated carbocycles. The molecule has 0 aromatic heterocycles. The largest absolute Gasteiger partial charge is 0.491 e. The van der Waals surface area contributed by atoms with Crippen LogP contribution in [-0.2, 0) is 14.3 Å². The van der Waals surface area contributed by atoms with Crippen LogP contribution in [0.25, 0.3) is 0 Å². The van der Waals surface area contributed by atoms with E-state index in [4.69, 9.17) is 9.47 Å². The molecule has 2 N–H and O–H groups in total. The summed E-state index contributed by atoms with van der Waals surface area (Å²) in [7, 11) is 1.27. The number of esters is 1. The van der Waals surface area contributed by atoms with Gasteiger partial charge in [0.2, 0.25) is 5.91 Å². The van der Waals surface area contributed by atoms with Crippen LogP contribution in [0.4, 0.5) is 0 Å². The highest BCUT2D eigenvalue weighted by atomic mass is 16.5. The highest BCUT2D eigenvalue weighted by Gasteiger charge is 2.22. The highest BCUT2D eigenvalue weighted by Crippen LogP contribution is 2.13. The average Bonchev–Trinajstić information content (AvgIpc) is 2.58. The molecular formula is C19H28N2O5. The van der Waals surface area contributed by atoms with E-state index >= 15 is 0 Å². The number of ether oxygens (including phenoxy) is 2. The van der Waals surface area contributed by atoms with Gasteiger partial charge in [-0.1, -0.05) is 13.8 Å². The summed E-state index contributed by atoms with van der Waals surface area (Å²) in [6.07, 6.45) is 0.510. The maximum absolute atomic E-state index is 12.1. The van der Waals surface area contributed by atoms with E-state index in [0.29, 0.717) is 17.7 Å². The molecule has 7 nitrogen and oxygen atoms in total. The summed E-state index contributed by atoms with van der Waals surface area (Å²) in [6, 6.07) is 5.93. The standard InChI is InChI=1S/C19H28N2O5/c1-12(2)10-16(19(24)25-5)21-17(22)11-20-18(23)14-6-8-15(9-7-14)26-13(3)4/h6-9,12-13,16H,10-11H2,1-5H3,(H,20,23)(H,21,22)/t16-/m0/s1. The molecule has 7 heteroatoms. The van der Waals surface area contributed by atoms with Crippen LogP contribution in [0.5, 0.6) is 5.75 Å². The Morgan fingerprint density at radius 2 is 1.65 bits per heavy atom. The Morgan fingerprint density at radius 3 is 2.15 bits per heavy atom. The number of hydrogen-bond donors (Lipinski definition) is 2. The number of benzene rings is 1. The Kier molecular flexibility index (Phi) is 8.61.